The van der Waals surface area contributed by atoms with Crippen LogP contribution in [-0.2, 0) is 6.54 Å². The predicted octanol–water partition coefficient (Wildman–Crippen LogP) is 2.27. The molecule has 2 heteroatoms. The van der Waals surface area contributed by atoms with Gasteiger partial charge in [0.15, 0.2) is 0 Å². The molecule has 0 aliphatic heterocycles. The number of rotatable bonds is 3. The van der Waals surface area contributed by atoms with Gasteiger partial charge in [0.2, 0.25) is 0 Å². The lowest BCUT2D eigenvalue weighted by Crippen LogP contribution is -2.04. The molecule has 15 heavy (non-hydrogen) atoms. The molecule has 1 aromatic heterocycles. The van der Waals surface area contributed by atoms with Gasteiger partial charge in [0.05, 0.1) is 0 Å². The lowest BCUT2D eigenvalue weighted by atomic mass is 10.1. The van der Waals surface area contributed by atoms with Crippen LogP contribution < -0.4 is 5.32 Å². The Morgan fingerprint density at radius 1 is 1.33 bits per heavy atom. The second-order valence-electron chi connectivity index (χ2n) is 3.40. The summed E-state index contributed by atoms with van der Waals surface area (Å²) in [6, 6.07) is 13.4. The van der Waals surface area contributed by atoms with Gasteiger partial charge in [0.1, 0.15) is 0 Å². The van der Waals surface area contributed by atoms with E-state index in [1.54, 1.807) is 6.20 Å². The summed E-state index contributed by atoms with van der Waals surface area (Å²) in [7, 11) is 1.95. The lowest BCUT2D eigenvalue weighted by molar-refractivity contribution is 0.818. The first-order valence-corrected chi connectivity index (χ1v) is 4.95. The van der Waals surface area contributed by atoms with Crippen LogP contribution in [0.25, 0.3) is 11.1 Å². The normalized spacial score (nSPS) is 10.2. The van der Waals surface area contributed by atoms with Gasteiger partial charge in [-0.05, 0) is 30.3 Å². The summed E-state index contributed by atoms with van der Waals surface area (Å²) in [5.41, 5.74) is 3.57. The van der Waals surface area contributed by atoms with Crippen LogP contribution in [0.3, 0.4) is 0 Å². The van der Waals surface area contributed by atoms with Crippen molar-refractivity contribution in [3.63, 3.8) is 0 Å². The van der Waals surface area contributed by atoms with E-state index in [-0.39, 0.29) is 0 Å². The maximum absolute atomic E-state index is 4.07. The Labute approximate surface area is 90.0 Å². The molecule has 1 N–H and O–H groups in total. The minimum Gasteiger partial charge on any atom is -0.316 e. The fourth-order valence-electron chi connectivity index (χ4n) is 1.55. The van der Waals surface area contributed by atoms with Gasteiger partial charge >= 0.3 is 0 Å². The smallest absolute Gasteiger partial charge is 0.0347 e. The van der Waals surface area contributed by atoms with E-state index in [1.165, 1.54) is 11.1 Å². The van der Waals surface area contributed by atoms with E-state index in [2.05, 4.69) is 40.6 Å². The van der Waals surface area contributed by atoms with E-state index in [0.717, 1.165) is 12.1 Å². The molecule has 0 aliphatic carbocycles. The van der Waals surface area contributed by atoms with Crippen LogP contribution in [0.1, 0.15) is 5.56 Å². The SMILES string of the molecule is CNCc1cccc(-c2c[c]cnc2)c1. The fourth-order valence-corrected chi connectivity index (χ4v) is 1.55. The third-order valence-corrected chi connectivity index (χ3v) is 2.24. The van der Waals surface area contributed by atoms with Crippen molar-refractivity contribution < 1.29 is 0 Å². The maximum Gasteiger partial charge on any atom is 0.0347 e. The highest BCUT2D eigenvalue weighted by Gasteiger charge is 1.98. The van der Waals surface area contributed by atoms with E-state index in [0.29, 0.717) is 0 Å². The quantitative estimate of drug-likeness (QED) is 0.816. The number of aromatic nitrogens is 1. The fraction of sp³-hybridized carbons (Fsp3) is 0.154. The van der Waals surface area contributed by atoms with Crippen molar-refractivity contribution in [3.8, 4) is 11.1 Å². The average Bonchev–Trinajstić information content (AvgIpc) is 2.31. The van der Waals surface area contributed by atoms with Gasteiger partial charge < -0.3 is 5.32 Å². The first kappa shape index (κ1) is 9.87. The molecular weight excluding hydrogens is 184 g/mol. The molecule has 0 saturated carbocycles. The van der Waals surface area contributed by atoms with Crippen LogP contribution in [0.2, 0.25) is 0 Å². The molecule has 2 aromatic rings. The summed E-state index contributed by atoms with van der Waals surface area (Å²) in [5, 5.41) is 3.14. The van der Waals surface area contributed by atoms with Gasteiger partial charge in [-0.25, -0.2) is 0 Å². The van der Waals surface area contributed by atoms with Crippen molar-refractivity contribution in [2.75, 3.05) is 7.05 Å². The molecular formula is C13H13N2. The largest absolute Gasteiger partial charge is 0.316 e. The zero-order chi connectivity index (χ0) is 10.5. The van der Waals surface area contributed by atoms with E-state index in [4.69, 9.17) is 0 Å². The molecule has 0 bridgehead atoms. The Bertz CT molecular complexity index is 424. The second-order valence-corrected chi connectivity index (χ2v) is 3.40. The van der Waals surface area contributed by atoms with Crippen LogP contribution in [0, 0.1) is 6.07 Å². The molecule has 75 valence electrons. The number of nitrogens with one attached hydrogen (secondary N) is 1. The van der Waals surface area contributed by atoms with Gasteiger partial charge in [0, 0.05) is 30.6 Å². The standard InChI is InChI=1S/C13H13N2/c1-14-9-11-4-2-5-12(8-11)13-6-3-7-15-10-13/h2,4-8,10,14H,9H2,1H3. The minimum atomic E-state index is 0.887. The molecule has 1 radical (unpaired) electrons. The van der Waals surface area contributed by atoms with E-state index in [9.17, 15) is 0 Å². The zero-order valence-electron chi connectivity index (χ0n) is 8.70. The summed E-state index contributed by atoms with van der Waals surface area (Å²) < 4.78 is 0. The first-order chi connectivity index (χ1) is 7.40. The van der Waals surface area contributed by atoms with E-state index < -0.39 is 0 Å². The molecule has 2 nitrogen and oxygen atoms in total. The van der Waals surface area contributed by atoms with Crippen LogP contribution >= 0.6 is 0 Å². The van der Waals surface area contributed by atoms with E-state index in [1.807, 2.05) is 19.3 Å². The van der Waals surface area contributed by atoms with Crippen molar-refractivity contribution >= 4 is 0 Å². The summed E-state index contributed by atoms with van der Waals surface area (Å²) >= 11 is 0. The molecule has 0 unspecified atom stereocenters. The monoisotopic (exact) mass is 197 g/mol. The Morgan fingerprint density at radius 3 is 3.00 bits per heavy atom. The van der Waals surface area contributed by atoms with Gasteiger partial charge in [-0.15, -0.1) is 0 Å². The number of benzene rings is 1. The number of hydrogen-bond acceptors (Lipinski definition) is 2. The molecule has 0 aliphatic rings. The van der Waals surface area contributed by atoms with Crippen molar-refractivity contribution in [1.82, 2.24) is 10.3 Å². The van der Waals surface area contributed by atoms with Crippen molar-refractivity contribution in [2.24, 2.45) is 0 Å². The number of nitrogens with zero attached hydrogens (tertiary/aromatic N) is 1. The molecule has 1 heterocycles. The number of hydrogen-bond donors (Lipinski definition) is 1. The molecule has 0 saturated heterocycles. The summed E-state index contributed by atoms with van der Waals surface area (Å²) in [5.74, 6) is 0. The summed E-state index contributed by atoms with van der Waals surface area (Å²) in [6.07, 6.45) is 3.52. The highest BCUT2D eigenvalue weighted by molar-refractivity contribution is 5.62. The molecule has 0 amide bonds. The van der Waals surface area contributed by atoms with Crippen molar-refractivity contribution in [1.29, 1.82) is 0 Å². The highest BCUT2D eigenvalue weighted by atomic mass is 14.8. The highest BCUT2D eigenvalue weighted by Crippen LogP contribution is 2.18. The first-order valence-electron chi connectivity index (χ1n) is 4.95. The summed E-state index contributed by atoms with van der Waals surface area (Å²) in [6.45, 7) is 0.887. The van der Waals surface area contributed by atoms with Crippen molar-refractivity contribution in [3.05, 3.63) is 54.4 Å². The topological polar surface area (TPSA) is 24.9 Å². The van der Waals surface area contributed by atoms with E-state index >= 15 is 0 Å². The Balaban J connectivity index is 2.33. The Morgan fingerprint density at radius 2 is 2.27 bits per heavy atom. The third-order valence-electron chi connectivity index (χ3n) is 2.24. The zero-order valence-corrected chi connectivity index (χ0v) is 8.70. The van der Waals surface area contributed by atoms with Gasteiger partial charge in [0.25, 0.3) is 0 Å². The Hall–Kier alpha value is -1.67. The van der Waals surface area contributed by atoms with Crippen LogP contribution in [0.4, 0.5) is 0 Å². The van der Waals surface area contributed by atoms with Crippen molar-refractivity contribution in [2.45, 2.75) is 6.54 Å². The Kier molecular flexibility index (Phi) is 3.10. The minimum absolute atomic E-state index is 0.887. The van der Waals surface area contributed by atoms with Gasteiger partial charge in [-0.2, -0.15) is 0 Å². The molecule has 1 aromatic carbocycles. The van der Waals surface area contributed by atoms with Crippen LogP contribution in [0.5, 0.6) is 0 Å². The maximum atomic E-state index is 4.07. The van der Waals surface area contributed by atoms with Crippen LogP contribution in [-0.4, -0.2) is 12.0 Å². The predicted molar refractivity (Wildman–Crippen MR) is 61.3 cm³/mol. The number of pyridine rings is 1. The molecule has 2 rings (SSSR count). The van der Waals surface area contributed by atoms with Gasteiger partial charge in [-0.3, -0.25) is 4.98 Å². The lowest BCUT2D eigenvalue weighted by Gasteiger charge is -2.04. The third kappa shape index (κ3) is 2.42. The second kappa shape index (κ2) is 4.71. The molecule has 0 atom stereocenters. The van der Waals surface area contributed by atoms with Crippen LogP contribution in [0.15, 0.2) is 42.7 Å². The van der Waals surface area contributed by atoms with Gasteiger partial charge in [-0.1, -0.05) is 18.2 Å². The molecule has 0 fully saturated rings. The average molecular weight is 197 g/mol. The summed E-state index contributed by atoms with van der Waals surface area (Å²) in [4.78, 5) is 4.07. The molecule has 0 spiro atoms.